The van der Waals surface area contributed by atoms with Crippen molar-refractivity contribution in [2.75, 3.05) is 0 Å². The number of alkyl halides is 3. The van der Waals surface area contributed by atoms with Gasteiger partial charge in [0.2, 0.25) is 0 Å². The summed E-state index contributed by atoms with van der Waals surface area (Å²) >= 11 is 11.0. The van der Waals surface area contributed by atoms with Gasteiger partial charge in [0.15, 0.2) is 0 Å². The normalized spacial score (nSPS) is 37.8. The lowest BCUT2D eigenvalue weighted by atomic mass is 9.90. The Kier molecular flexibility index (Phi) is 2.12. The first-order valence-electron chi connectivity index (χ1n) is 3.27. The van der Waals surface area contributed by atoms with Gasteiger partial charge in [-0.2, -0.15) is 0 Å². The smallest absolute Gasteiger partial charge is 0.0822 e. The molecule has 1 unspecified atom stereocenters. The van der Waals surface area contributed by atoms with E-state index in [2.05, 4.69) is 68.6 Å². The summed E-state index contributed by atoms with van der Waals surface area (Å²) in [6.07, 6.45) is 1.14. The van der Waals surface area contributed by atoms with E-state index in [0.717, 1.165) is 6.42 Å². The van der Waals surface area contributed by atoms with Crippen molar-refractivity contribution in [3.63, 3.8) is 0 Å². The van der Waals surface area contributed by atoms with E-state index in [9.17, 15) is 0 Å². The standard InChI is InChI=1S/C7H11Br3/c1-5(2,3)6(8)4-7(6,9)10/h4H2,1-3H3. The second-order valence-corrected chi connectivity index (χ2v) is 9.06. The van der Waals surface area contributed by atoms with Crippen molar-refractivity contribution >= 4 is 47.8 Å². The van der Waals surface area contributed by atoms with Crippen LogP contribution >= 0.6 is 47.8 Å². The summed E-state index contributed by atoms with van der Waals surface area (Å²) in [4.78, 5) is 0. The Morgan fingerprint density at radius 1 is 1.10 bits per heavy atom. The highest BCUT2D eigenvalue weighted by molar-refractivity contribution is 9.26. The third kappa shape index (κ3) is 1.22. The van der Waals surface area contributed by atoms with Crippen LogP contribution in [0, 0.1) is 5.41 Å². The highest BCUT2D eigenvalue weighted by Gasteiger charge is 2.69. The third-order valence-corrected chi connectivity index (χ3v) is 7.23. The highest BCUT2D eigenvalue weighted by atomic mass is 79.9. The molecule has 0 aromatic heterocycles. The van der Waals surface area contributed by atoms with Gasteiger partial charge < -0.3 is 0 Å². The Bertz CT molecular complexity index is 157. The van der Waals surface area contributed by atoms with Crippen LogP contribution in [0.1, 0.15) is 27.2 Å². The third-order valence-electron chi connectivity index (χ3n) is 2.11. The van der Waals surface area contributed by atoms with Crippen molar-refractivity contribution in [2.24, 2.45) is 5.41 Å². The maximum absolute atomic E-state index is 3.74. The summed E-state index contributed by atoms with van der Waals surface area (Å²) in [5, 5.41) is 0. The fraction of sp³-hybridized carbons (Fsp3) is 1.00. The van der Waals surface area contributed by atoms with Gasteiger partial charge >= 0.3 is 0 Å². The molecule has 0 N–H and O–H groups in total. The lowest BCUT2D eigenvalue weighted by Crippen LogP contribution is -2.26. The predicted octanol–water partition coefficient (Wildman–Crippen LogP) is 4.06. The first-order valence-corrected chi connectivity index (χ1v) is 5.65. The van der Waals surface area contributed by atoms with Crippen molar-refractivity contribution in [1.29, 1.82) is 0 Å². The van der Waals surface area contributed by atoms with E-state index < -0.39 is 0 Å². The van der Waals surface area contributed by atoms with Crippen molar-refractivity contribution in [1.82, 2.24) is 0 Å². The van der Waals surface area contributed by atoms with Crippen LogP contribution in [-0.4, -0.2) is 7.56 Å². The number of hydrogen-bond acceptors (Lipinski definition) is 0. The molecule has 0 bridgehead atoms. The first-order chi connectivity index (χ1) is 4.21. The summed E-state index contributed by atoms with van der Waals surface area (Å²) < 4.78 is 0.359. The zero-order valence-electron chi connectivity index (χ0n) is 6.34. The molecule has 0 amide bonds. The molecule has 1 fully saturated rings. The molecule has 1 aliphatic carbocycles. The van der Waals surface area contributed by atoms with Crippen molar-refractivity contribution in [3.8, 4) is 0 Å². The van der Waals surface area contributed by atoms with E-state index >= 15 is 0 Å². The molecule has 3 heteroatoms. The quantitative estimate of drug-likeness (QED) is 0.586. The maximum Gasteiger partial charge on any atom is 0.0977 e. The molecule has 1 atom stereocenters. The average molecular weight is 335 g/mol. The summed E-state index contributed by atoms with van der Waals surface area (Å²) in [6, 6.07) is 0. The van der Waals surface area contributed by atoms with Gasteiger partial charge in [-0.25, -0.2) is 0 Å². The summed E-state index contributed by atoms with van der Waals surface area (Å²) in [5.74, 6) is 0. The molecular formula is C7H11Br3. The largest absolute Gasteiger partial charge is 0.0977 e. The molecule has 0 spiro atoms. The lowest BCUT2D eigenvalue weighted by molar-refractivity contribution is 0.387. The molecule has 60 valence electrons. The molecule has 1 rings (SSSR count). The Labute approximate surface area is 87.5 Å². The van der Waals surface area contributed by atoms with Gasteiger partial charge in [0.05, 0.1) is 7.56 Å². The summed E-state index contributed by atoms with van der Waals surface area (Å²) in [7, 11) is 0. The van der Waals surface area contributed by atoms with Crippen LogP contribution in [0.5, 0.6) is 0 Å². The maximum atomic E-state index is 3.74. The highest BCUT2D eigenvalue weighted by Crippen LogP contribution is 2.71. The lowest BCUT2D eigenvalue weighted by Gasteiger charge is -2.27. The van der Waals surface area contributed by atoms with Gasteiger partial charge in [0.1, 0.15) is 0 Å². The number of halogens is 3. The fourth-order valence-electron chi connectivity index (χ4n) is 1.08. The number of hydrogen-bond donors (Lipinski definition) is 0. The minimum absolute atomic E-state index is 0.130. The Balaban J connectivity index is 2.78. The number of rotatable bonds is 0. The van der Waals surface area contributed by atoms with Crippen LogP contribution in [0.25, 0.3) is 0 Å². The second kappa shape index (κ2) is 2.23. The van der Waals surface area contributed by atoms with Gasteiger partial charge in [-0.15, -0.1) is 0 Å². The van der Waals surface area contributed by atoms with Gasteiger partial charge in [-0.3, -0.25) is 0 Å². The van der Waals surface area contributed by atoms with Crippen LogP contribution in [0.4, 0.5) is 0 Å². The zero-order chi connectivity index (χ0) is 8.21. The molecule has 1 aliphatic rings. The summed E-state index contributed by atoms with van der Waals surface area (Å²) in [5.41, 5.74) is 0.306. The van der Waals surface area contributed by atoms with Gasteiger partial charge in [-0.1, -0.05) is 68.6 Å². The van der Waals surface area contributed by atoms with E-state index in [-0.39, 0.29) is 7.56 Å². The molecular weight excluding hydrogens is 324 g/mol. The Morgan fingerprint density at radius 3 is 1.40 bits per heavy atom. The van der Waals surface area contributed by atoms with E-state index in [4.69, 9.17) is 0 Å². The minimum atomic E-state index is 0.130. The molecule has 0 aromatic rings. The van der Waals surface area contributed by atoms with Crippen molar-refractivity contribution in [3.05, 3.63) is 0 Å². The molecule has 0 radical (unpaired) electrons. The van der Waals surface area contributed by atoms with Crippen LogP contribution in [0.3, 0.4) is 0 Å². The van der Waals surface area contributed by atoms with Gasteiger partial charge in [0, 0.05) is 0 Å². The second-order valence-electron chi connectivity index (χ2n) is 3.93. The SMILES string of the molecule is CC(C)(C)C1(Br)CC1(Br)Br. The molecule has 0 nitrogen and oxygen atoms in total. The first kappa shape index (κ1) is 9.53. The van der Waals surface area contributed by atoms with Gasteiger partial charge in [-0.05, 0) is 11.8 Å². The molecule has 0 aromatic carbocycles. The topological polar surface area (TPSA) is 0 Å². The van der Waals surface area contributed by atoms with Crippen LogP contribution in [0.2, 0.25) is 0 Å². The Morgan fingerprint density at radius 2 is 1.40 bits per heavy atom. The summed E-state index contributed by atoms with van der Waals surface area (Å²) in [6.45, 7) is 6.73. The predicted molar refractivity (Wildman–Crippen MR) is 56.3 cm³/mol. The minimum Gasteiger partial charge on any atom is -0.0822 e. The fourth-order valence-corrected chi connectivity index (χ4v) is 4.28. The van der Waals surface area contributed by atoms with E-state index in [1.54, 1.807) is 0 Å². The van der Waals surface area contributed by atoms with Gasteiger partial charge in [0.25, 0.3) is 0 Å². The van der Waals surface area contributed by atoms with E-state index in [0.29, 0.717) is 5.41 Å². The molecule has 0 aliphatic heterocycles. The molecule has 1 saturated carbocycles. The Hall–Kier alpha value is 1.44. The van der Waals surface area contributed by atoms with Crippen LogP contribution in [0.15, 0.2) is 0 Å². The van der Waals surface area contributed by atoms with E-state index in [1.807, 2.05) is 0 Å². The monoisotopic (exact) mass is 332 g/mol. The van der Waals surface area contributed by atoms with Crippen molar-refractivity contribution in [2.45, 2.75) is 34.7 Å². The van der Waals surface area contributed by atoms with E-state index in [1.165, 1.54) is 0 Å². The zero-order valence-corrected chi connectivity index (χ0v) is 11.1. The van der Waals surface area contributed by atoms with Crippen LogP contribution in [-0.2, 0) is 0 Å². The molecule has 10 heavy (non-hydrogen) atoms. The molecule has 0 heterocycles. The average Bonchev–Trinajstić information content (AvgIpc) is 2.05. The molecule has 0 saturated heterocycles. The van der Waals surface area contributed by atoms with Crippen LogP contribution < -0.4 is 0 Å². The van der Waals surface area contributed by atoms with Crippen molar-refractivity contribution < 1.29 is 0 Å².